The SMILES string of the molecule is CO[C@@H](C(=O)NC1CSCCN(Cc2cc(Cl)nc(Cl)c2)C1=O)[C@@H]1OC(C)(C)O[C@H](C=CC(C)(C)C)[C@@H]1O. The number of thioether (sulfide) groups is 1. The second-order valence-corrected chi connectivity index (χ2v) is 12.9. The van der Waals surface area contributed by atoms with Gasteiger partial charge in [-0.15, -0.1) is 0 Å². The number of aromatic nitrogens is 1. The molecule has 5 atom stereocenters. The number of amides is 2. The second-order valence-electron chi connectivity index (χ2n) is 11.0. The van der Waals surface area contributed by atoms with E-state index < -0.39 is 42.2 Å². The molecule has 2 saturated heterocycles. The Morgan fingerprint density at radius 2 is 2.00 bits per heavy atom. The van der Waals surface area contributed by atoms with Crippen molar-refractivity contribution in [1.29, 1.82) is 0 Å². The second kappa shape index (κ2) is 12.8. The number of pyridine rings is 1. The number of hydrogen-bond donors (Lipinski definition) is 2. The van der Waals surface area contributed by atoms with E-state index in [1.54, 1.807) is 48.7 Å². The summed E-state index contributed by atoms with van der Waals surface area (Å²) in [5.41, 5.74) is 0.612. The minimum atomic E-state index is -1.17. The summed E-state index contributed by atoms with van der Waals surface area (Å²) in [6, 6.07) is 2.52. The smallest absolute Gasteiger partial charge is 0.252 e. The molecule has 0 aromatic carbocycles. The molecule has 38 heavy (non-hydrogen) atoms. The largest absolute Gasteiger partial charge is 0.387 e. The molecule has 2 aliphatic rings. The van der Waals surface area contributed by atoms with Gasteiger partial charge in [-0.25, -0.2) is 4.98 Å². The van der Waals surface area contributed by atoms with Crippen molar-refractivity contribution in [2.75, 3.05) is 25.2 Å². The molecule has 3 rings (SSSR count). The predicted octanol–water partition coefficient (Wildman–Crippen LogP) is 3.45. The zero-order chi connectivity index (χ0) is 28.3. The van der Waals surface area contributed by atoms with Gasteiger partial charge in [-0.2, -0.15) is 11.8 Å². The maximum Gasteiger partial charge on any atom is 0.252 e. The van der Waals surface area contributed by atoms with Crippen LogP contribution in [-0.4, -0.2) is 88.2 Å². The van der Waals surface area contributed by atoms with Gasteiger partial charge < -0.3 is 29.5 Å². The highest BCUT2D eigenvalue weighted by molar-refractivity contribution is 7.99. The van der Waals surface area contributed by atoms with Crippen LogP contribution in [0.2, 0.25) is 10.3 Å². The standard InChI is InChI=1S/C26H37Cl2N3O6S/c1-25(2,3)8-7-17-20(32)21(37-26(4,5)36-17)22(35-6)23(33)29-16-14-38-10-9-31(24(16)34)13-15-11-18(27)30-19(28)12-15/h7-8,11-12,16-17,20-22,32H,9-10,13-14H2,1-6H3,(H,29,33)/t16?,17-,20+,21-,22-/m1/s1. The molecule has 0 saturated carbocycles. The number of carbonyl (C=O) groups excluding carboxylic acids is 2. The quantitative estimate of drug-likeness (QED) is 0.367. The molecule has 0 spiro atoms. The Morgan fingerprint density at radius 1 is 1.34 bits per heavy atom. The fraction of sp³-hybridized carbons (Fsp3) is 0.654. The first-order valence-electron chi connectivity index (χ1n) is 12.4. The molecule has 9 nitrogen and oxygen atoms in total. The molecule has 2 N–H and O–H groups in total. The maximum absolute atomic E-state index is 13.4. The summed E-state index contributed by atoms with van der Waals surface area (Å²) < 4.78 is 17.4. The highest BCUT2D eigenvalue weighted by Crippen LogP contribution is 2.31. The molecule has 2 aliphatic heterocycles. The van der Waals surface area contributed by atoms with Crippen LogP contribution < -0.4 is 5.32 Å². The summed E-state index contributed by atoms with van der Waals surface area (Å²) in [5.74, 6) is -0.762. The van der Waals surface area contributed by atoms with E-state index in [9.17, 15) is 14.7 Å². The summed E-state index contributed by atoms with van der Waals surface area (Å²) >= 11 is 13.6. The molecule has 3 heterocycles. The number of allylic oxidation sites excluding steroid dienone is 1. The molecule has 12 heteroatoms. The molecule has 212 valence electrons. The third kappa shape index (κ3) is 8.55. The third-order valence-electron chi connectivity index (χ3n) is 6.02. The van der Waals surface area contributed by atoms with Crippen LogP contribution in [0.15, 0.2) is 24.3 Å². The molecular formula is C26H37Cl2N3O6S. The lowest BCUT2D eigenvalue weighted by Crippen LogP contribution is -2.62. The van der Waals surface area contributed by atoms with E-state index in [1.807, 2.05) is 26.8 Å². The number of aliphatic hydroxyl groups excluding tert-OH is 1. The van der Waals surface area contributed by atoms with E-state index in [0.29, 0.717) is 18.1 Å². The van der Waals surface area contributed by atoms with E-state index in [-0.39, 0.29) is 28.2 Å². The lowest BCUT2D eigenvalue weighted by molar-refractivity contribution is -0.334. The van der Waals surface area contributed by atoms with Crippen molar-refractivity contribution in [1.82, 2.24) is 15.2 Å². The van der Waals surface area contributed by atoms with E-state index >= 15 is 0 Å². The van der Waals surface area contributed by atoms with Crippen LogP contribution >= 0.6 is 35.0 Å². The molecule has 0 radical (unpaired) electrons. The third-order valence-corrected chi connectivity index (χ3v) is 7.45. The van der Waals surface area contributed by atoms with Gasteiger partial charge in [-0.3, -0.25) is 9.59 Å². The number of carbonyl (C=O) groups is 2. The molecule has 0 bridgehead atoms. The van der Waals surface area contributed by atoms with Crippen molar-refractivity contribution in [3.8, 4) is 0 Å². The number of aliphatic hydroxyl groups is 1. The van der Waals surface area contributed by atoms with Crippen molar-refractivity contribution in [2.24, 2.45) is 5.41 Å². The monoisotopic (exact) mass is 589 g/mol. The number of rotatable bonds is 7. The van der Waals surface area contributed by atoms with Gasteiger partial charge in [0.05, 0.1) is 0 Å². The topological polar surface area (TPSA) is 110 Å². The van der Waals surface area contributed by atoms with Gasteiger partial charge in [-0.1, -0.05) is 56.1 Å². The van der Waals surface area contributed by atoms with Crippen molar-refractivity contribution in [3.05, 3.63) is 40.2 Å². The number of ether oxygens (including phenoxy) is 3. The Labute approximate surface area is 238 Å². The summed E-state index contributed by atoms with van der Waals surface area (Å²) in [7, 11) is 1.37. The van der Waals surface area contributed by atoms with Crippen LogP contribution in [0.1, 0.15) is 40.2 Å². The van der Waals surface area contributed by atoms with E-state index in [2.05, 4.69) is 10.3 Å². The first-order valence-corrected chi connectivity index (χ1v) is 14.3. The molecule has 1 aromatic heterocycles. The lowest BCUT2D eigenvalue weighted by atomic mass is 9.93. The average Bonchev–Trinajstić information content (AvgIpc) is 2.95. The van der Waals surface area contributed by atoms with Gasteiger partial charge >= 0.3 is 0 Å². The van der Waals surface area contributed by atoms with Gasteiger partial charge in [0.1, 0.15) is 34.7 Å². The number of nitrogens with one attached hydrogen (secondary N) is 1. The highest BCUT2D eigenvalue weighted by atomic mass is 35.5. The number of methoxy groups -OCH3 is 1. The molecule has 2 fully saturated rings. The molecule has 1 aromatic rings. The summed E-state index contributed by atoms with van der Waals surface area (Å²) in [5, 5.41) is 14.4. The average molecular weight is 591 g/mol. The fourth-order valence-electron chi connectivity index (χ4n) is 4.30. The lowest BCUT2D eigenvalue weighted by Gasteiger charge is -2.45. The first kappa shape index (κ1) is 31.1. The van der Waals surface area contributed by atoms with E-state index in [1.165, 1.54) is 7.11 Å². The van der Waals surface area contributed by atoms with Gasteiger partial charge in [0, 0.05) is 31.7 Å². The molecule has 1 unspecified atom stereocenters. The van der Waals surface area contributed by atoms with Crippen molar-refractivity contribution in [2.45, 2.75) is 77.4 Å². The van der Waals surface area contributed by atoms with Crippen molar-refractivity contribution in [3.63, 3.8) is 0 Å². The van der Waals surface area contributed by atoms with Crippen LogP contribution in [0.4, 0.5) is 0 Å². The van der Waals surface area contributed by atoms with Crippen LogP contribution in [-0.2, 0) is 30.3 Å². The molecular weight excluding hydrogens is 553 g/mol. The van der Waals surface area contributed by atoms with Crippen LogP contribution in [0.3, 0.4) is 0 Å². The minimum absolute atomic E-state index is 0.130. The van der Waals surface area contributed by atoms with Gasteiger partial charge in [0.15, 0.2) is 11.9 Å². The van der Waals surface area contributed by atoms with E-state index in [0.717, 1.165) is 5.56 Å². The van der Waals surface area contributed by atoms with Crippen LogP contribution in [0.5, 0.6) is 0 Å². The van der Waals surface area contributed by atoms with Gasteiger partial charge in [-0.05, 0) is 37.0 Å². The maximum atomic E-state index is 13.4. The predicted molar refractivity (Wildman–Crippen MR) is 148 cm³/mol. The Bertz CT molecular complexity index is 1010. The Balaban J connectivity index is 1.75. The van der Waals surface area contributed by atoms with E-state index in [4.69, 9.17) is 37.4 Å². The Kier molecular flexibility index (Phi) is 10.5. The van der Waals surface area contributed by atoms with Crippen LogP contribution in [0.25, 0.3) is 0 Å². The molecule has 0 aliphatic carbocycles. The van der Waals surface area contributed by atoms with Crippen molar-refractivity contribution < 1.29 is 28.9 Å². The summed E-state index contributed by atoms with van der Waals surface area (Å²) in [6.45, 7) is 10.3. The number of halogens is 2. The Hall–Kier alpha value is -1.40. The normalized spacial score (nSPS) is 27.3. The number of hydrogen-bond acceptors (Lipinski definition) is 8. The highest BCUT2D eigenvalue weighted by Gasteiger charge is 2.48. The Morgan fingerprint density at radius 3 is 2.61 bits per heavy atom. The minimum Gasteiger partial charge on any atom is -0.387 e. The van der Waals surface area contributed by atoms with Gasteiger partial charge in [0.25, 0.3) is 5.91 Å². The first-order chi connectivity index (χ1) is 17.7. The van der Waals surface area contributed by atoms with Crippen molar-refractivity contribution >= 4 is 46.8 Å². The molecule has 2 amide bonds. The van der Waals surface area contributed by atoms with Gasteiger partial charge in [0.2, 0.25) is 5.91 Å². The number of nitrogens with zero attached hydrogens (tertiary/aromatic N) is 2. The summed E-state index contributed by atoms with van der Waals surface area (Å²) in [6.07, 6.45) is -0.351. The summed E-state index contributed by atoms with van der Waals surface area (Å²) in [4.78, 5) is 32.4. The zero-order valence-corrected chi connectivity index (χ0v) is 24.9. The fourth-order valence-corrected chi connectivity index (χ4v) is 5.78. The zero-order valence-electron chi connectivity index (χ0n) is 22.6. The van der Waals surface area contributed by atoms with Crippen LogP contribution in [0, 0.1) is 5.41 Å².